The Balaban J connectivity index is 3.10. The molecule has 1 aromatic carbocycles. The van der Waals surface area contributed by atoms with Crippen LogP contribution in [-0.2, 0) is 0 Å². The van der Waals surface area contributed by atoms with Gasteiger partial charge in [-0.3, -0.25) is 9.78 Å². The molecule has 0 unspecified atom stereocenters. The minimum absolute atomic E-state index is 0.246. The van der Waals surface area contributed by atoms with E-state index in [1.165, 1.54) is 12.1 Å². The number of fused-ring (bicyclic) bond motifs is 1. The van der Waals surface area contributed by atoms with Crippen molar-refractivity contribution in [3.63, 3.8) is 0 Å². The molecule has 6 heteroatoms. The van der Waals surface area contributed by atoms with Gasteiger partial charge in [-0.05, 0) is 12.1 Å². The van der Waals surface area contributed by atoms with Gasteiger partial charge in [-0.1, -0.05) is 23.2 Å². The lowest BCUT2D eigenvalue weighted by atomic mass is 10.2. The number of aromatic amines is 2. The van der Waals surface area contributed by atoms with E-state index in [4.69, 9.17) is 23.2 Å². The summed E-state index contributed by atoms with van der Waals surface area (Å²) in [6.07, 6.45) is 0. The van der Waals surface area contributed by atoms with Crippen molar-refractivity contribution in [2.24, 2.45) is 0 Å². The molecule has 0 aliphatic rings. The van der Waals surface area contributed by atoms with Gasteiger partial charge in [0.05, 0.1) is 15.9 Å². The van der Waals surface area contributed by atoms with Gasteiger partial charge in [-0.25, -0.2) is 4.79 Å². The van der Waals surface area contributed by atoms with E-state index < -0.39 is 11.2 Å². The average Bonchev–Trinajstić information content (AvgIpc) is 2.07. The largest absolute Gasteiger partial charge is 0.326 e. The average molecular weight is 231 g/mol. The third-order valence-electron chi connectivity index (χ3n) is 1.77. The second kappa shape index (κ2) is 3.15. The Kier molecular flexibility index (Phi) is 2.09. The molecule has 2 rings (SSSR count). The van der Waals surface area contributed by atoms with Crippen LogP contribution in [0.2, 0.25) is 10.0 Å². The van der Waals surface area contributed by atoms with Crippen LogP contribution in [0, 0.1) is 0 Å². The van der Waals surface area contributed by atoms with Crippen LogP contribution in [-0.4, -0.2) is 9.97 Å². The highest BCUT2D eigenvalue weighted by Gasteiger charge is 2.05. The predicted octanol–water partition coefficient (Wildman–Crippen LogP) is 1.52. The number of halogens is 2. The van der Waals surface area contributed by atoms with Gasteiger partial charge < -0.3 is 4.98 Å². The molecule has 0 spiro atoms. The van der Waals surface area contributed by atoms with E-state index >= 15 is 0 Å². The topological polar surface area (TPSA) is 65.7 Å². The Morgan fingerprint density at radius 3 is 2.50 bits per heavy atom. The van der Waals surface area contributed by atoms with E-state index in [0.717, 1.165) is 0 Å². The maximum atomic E-state index is 11.3. The molecule has 14 heavy (non-hydrogen) atoms. The van der Waals surface area contributed by atoms with E-state index in [-0.39, 0.29) is 10.4 Å². The zero-order valence-electron chi connectivity index (χ0n) is 6.73. The first-order chi connectivity index (χ1) is 6.58. The molecule has 0 aliphatic heterocycles. The lowest BCUT2D eigenvalue weighted by molar-refractivity contribution is 1.08. The van der Waals surface area contributed by atoms with Crippen LogP contribution in [0.3, 0.4) is 0 Å². The number of hydrogen-bond donors (Lipinski definition) is 2. The normalized spacial score (nSPS) is 10.7. The number of benzene rings is 1. The van der Waals surface area contributed by atoms with Crippen molar-refractivity contribution in [2.75, 3.05) is 0 Å². The van der Waals surface area contributed by atoms with Gasteiger partial charge in [-0.2, -0.15) is 0 Å². The minimum atomic E-state index is -0.591. The molecular weight excluding hydrogens is 227 g/mol. The Morgan fingerprint density at radius 1 is 1.07 bits per heavy atom. The Morgan fingerprint density at radius 2 is 1.79 bits per heavy atom. The van der Waals surface area contributed by atoms with Crippen molar-refractivity contribution >= 4 is 34.1 Å². The molecule has 0 radical (unpaired) electrons. The lowest BCUT2D eigenvalue weighted by Crippen LogP contribution is -2.21. The van der Waals surface area contributed by atoms with Gasteiger partial charge in [0.15, 0.2) is 0 Å². The first-order valence-corrected chi connectivity index (χ1v) is 4.45. The molecule has 0 aliphatic carbocycles. The second-order valence-electron chi connectivity index (χ2n) is 2.72. The maximum absolute atomic E-state index is 11.3. The first-order valence-electron chi connectivity index (χ1n) is 3.69. The van der Waals surface area contributed by atoms with E-state index in [1.54, 1.807) is 0 Å². The van der Waals surface area contributed by atoms with Crippen molar-refractivity contribution in [3.8, 4) is 0 Å². The van der Waals surface area contributed by atoms with Crippen molar-refractivity contribution in [3.05, 3.63) is 43.0 Å². The fourth-order valence-electron chi connectivity index (χ4n) is 1.19. The first kappa shape index (κ1) is 9.30. The molecule has 0 saturated heterocycles. The highest BCUT2D eigenvalue weighted by atomic mass is 35.5. The highest BCUT2D eigenvalue weighted by Crippen LogP contribution is 2.22. The molecule has 1 heterocycles. The fourth-order valence-corrected chi connectivity index (χ4v) is 1.74. The molecule has 0 bridgehead atoms. The maximum Gasteiger partial charge on any atom is 0.326 e. The Labute approximate surface area is 87.5 Å². The monoisotopic (exact) mass is 230 g/mol. The van der Waals surface area contributed by atoms with Gasteiger partial charge in [0.1, 0.15) is 0 Å². The third kappa shape index (κ3) is 1.42. The molecule has 0 fully saturated rings. The van der Waals surface area contributed by atoms with E-state index in [1.807, 2.05) is 0 Å². The second-order valence-corrected chi connectivity index (χ2v) is 3.56. The van der Waals surface area contributed by atoms with Crippen LogP contribution in [0.1, 0.15) is 0 Å². The smallest absolute Gasteiger partial charge is 0.305 e. The minimum Gasteiger partial charge on any atom is -0.305 e. The van der Waals surface area contributed by atoms with Crippen LogP contribution in [0.25, 0.3) is 10.9 Å². The van der Waals surface area contributed by atoms with Crippen molar-refractivity contribution in [1.29, 1.82) is 0 Å². The number of hydrogen-bond acceptors (Lipinski definition) is 2. The molecule has 2 N–H and O–H groups in total. The molecule has 0 atom stereocenters. The van der Waals surface area contributed by atoms with Crippen LogP contribution >= 0.6 is 23.2 Å². The zero-order valence-corrected chi connectivity index (χ0v) is 8.24. The van der Waals surface area contributed by atoms with Crippen LogP contribution in [0.5, 0.6) is 0 Å². The SMILES string of the molecule is O=c1[nH]c(=O)c2cc(Cl)cc(Cl)c2[nH]1. The molecule has 0 amide bonds. The summed E-state index contributed by atoms with van der Waals surface area (Å²) in [6, 6.07) is 2.90. The van der Waals surface area contributed by atoms with Gasteiger partial charge in [0, 0.05) is 5.02 Å². The molecule has 0 saturated carbocycles. The highest BCUT2D eigenvalue weighted by molar-refractivity contribution is 6.38. The van der Waals surface area contributed by atoms with Gasteiger partial charge in [0.25, 0.3) is 5.56 Å². The summed E-state index contributed by atoms with van der Waals surface area (Å²) < 4.78 is 0. The molecule has 4 nitrogen and oxygen atoms in total. The number of H-pyrrole nitrogens is 2. The predicted molar refractivity (Wildman–Crippen MR) is 55.2 cm³/mol. The van der Waals surface area contributed by atoms with Gasteiger partial charge >= 0.3 is 5.69 Å². The number of nitrogens with one attached hydrogen (secondary N) is 2. The number of aromatic nitrogens is 2. The molecule has 72 valence electrons. The third-order valence-corrected chi connectivity index (χ3v) is 2.28. The van der Waals surface area contributed by atoms with E-state index in [0.29, 0.717) is 10.5 Å². The summed E-state index contributed by atoms with van der Waals surface area (Å²) in [7, 11) is 0. The van der Waals surface area contributed by atoms with Gasteiger partial charge in [0.2, 0.25) is 0 Å². The van der Waals surface area contributed by atoms with Crippen LogP contribution in [0.4, 0.5) is 0 Å². The van der Waals surface area contributed by atoms with Crippen molar-refractivity contribution in [1.82, 2.24) is 9.97 Å². The quantitative estimate of drug-likeness (QED) is 0.721. The summed E-state index contributed by atoms with van der Waals surface area (Å²) >= 11 is 11.5. The Bertz CT molecular complexity index is 615. The van der Waals surface area contributed by atoms with E-state index in [9.17, 15) is 9.59 Å². The van der Waals surface area contributed by atoms with Crippen molar-refractivity contribution < 1.29 is 0 Å². The lowest BCUT2D eigenvalue weighted by Gasteiger charge is -1.99. The number of rotatable bonds is 0. The standard InChI is InChI=1S/C8H4Cl2N2O2/c9-3-1-4-6(5(10)2-3)11-8(14)12-7(4)13/h1-2H,(H2,11,12,13,14). The zero-order chi connectivity index (χ0) is 10.3. The van der Waals surface area contributed by atoms with Gasteiger partial charge in [-0.15, -0.1) is 0 Å². The summed E-state index contributed by atoms with van der Waals surface area (Å²) in [5.74, 6) is 0. The molecule has 1 aromatic heterocycles. The van der Waals surface area contributed by atoms with Crippen LogP contribution in [0.15, 0.2) is 21.7 Å². The molecular formula is C8H4Cl2N2O2. The summed E-state index contributed by atoms with van der Waals surface area (Å²) in [6.45, 7) is 0. The summed E-state index contributed by atoms with van der Waals surface area (Å²) in [5.41, 5.74) is -0.801. The van der Waals surface area contributed by atoms with Crippen LogP contribution < -0.4 is 11.2 Å². The fraction of sp³-hybridized carbons (Fsp3) is 0. The Hall–Kier alpha value is -1.26. The molecule has 2 aromatic rings. The summed E-state index contributed by atoms with van der Waals surface area (Å²) in [5, 5.41) is 0.859. The van der Waals surface area contributed by atoms with Crippen molar-refractivity contribution in [2.45, 2.75) is 0 Å². The van der Waals surface area contributed by atoms with E-state index in [2.05, 4.69) is 9.97 Å². The summed E-state index contributed by atoms with van der Waals surface area (Å²) in [4.78, 5) is 26.8.